The van der Waals surface area contributed by atoms with Crippen molar-refractivity contribution in [3.05, 3.63) is 36.4 Å². The molecule has 0 bridgehead atoms. The molecule has 0 saturated heterocycles. The second kappa shape index (κ2) is 5.99. The predicted molar refractivity (Wildman–Crippen MR) is 63.6 cm³/mol. The SMILES string of the molecule is C=C(CCl)COc1ccc(SC)cc1. The Kier molecular flexibility index (Phi) is 4.91. The van der Waals surface area contributed by atoms with Crippen LogP contribution < -0.4 is 4.74 Å². The molecule has 76 valence electrons. The van der Waals surface area contributed by atoms with E-state index >= 15 is 0 Å². The van der Waals surface area contributed by atoms with Crippen LogP contribution in [-0.4, -0.2) is 18.7 Å². The zero-order chi connectivity index (χ0) is 10.4. The monoisotopic (exact) mass is 228 g/mol. The Balaban J connectivity index is 2.47. The molecule has 0 heterocycles. The van der Waals surface area contributed by atoms with E-state index in [1.165, 1.54) is 4.90 Å². The summed E-state index contributed by atoms with van der Waals surface area (Å²) in [5.74, 6) is 1.30. The van der Waals surface area contributed by atoms with Crippen LogP contribution in [0.3, 0.4) is 0 Å². The molecule has 0 aliphatic heterocycles. The molecule has 3 heteroatoms. The van der Waals surface area contributed by atoms with Gasteiger partial charge in [-0.05, 0) is 36.1 Å². The van der Waals surface area contributed by atoms with Crippen molar-refractivity contribution in [2.45, 2.75) is 4.90 Å². The van der Waals surface area contributed by atoms with Crippen molar-refractivity contribution in [1.29, 1.82) is 0 Å². The molecule has 0 radical (unpaired) electrons. The zero-order valence-electron chi connectivity index (χ0n) is 8.13. The van der Waals surface area contributed by atoms with Crippen LogP contribution in [0, 0.1) is 0 Å². The quantitative estimate of drug-likeness (QED) is 0.433. The van der Waals surface area contributed by atoms with Gasteiger partial charge in [0.25, 0.3) is 0 Å². The molecule has 0 N–H and O–H groups in total. The van der Waals surface area contributed by atoms with Crippen molar-refractivity contribution in [2.75, 3.05) is 18.7 Å². The van der Waals surface area contributed by atoms with Crippen molar-refractivity contribution in [2.24, 2.45) is 0 Å². The van der Waals surface area contributed by atoms with Gasteiger partial charge in [-0.15, -0.1) is 23.4 Å². The van der Waals surface area contributed by atoms with E-state index in [2.05, 4.69) is 6.58 Å². The van der Waals surface area contributed by atoms with Gasteiger partial charge >= 0.3 is 0 Å². The number of rotatable bonds is 5. The van der Waals surface area contributed by atoms with E-state index in [9.17, 15) is 0 Å². The van der Waals surface area contributed by atoms with Gasteiger partial charge in [-0.25, -0.2) is 0 Å². The first kappa shape index (κ1) is 11.5. The smallest absolute Gasteiger partial charge is 0.119 e. The Labute approximate surface area is 94.1 Å². The van der Waals surface area contributed by atoms with E-state index < -0.39 is 0 Å². The fraction of sp³-hybridized carbons (Fsp3) is 0.273. The summed E-state index contributed by atoms with van der Waals surface area (Å²) in [7, 11) is 0. The minimum atomic E-state index is 0.447. The second-order valence-corrected chi connectivity index (χ2v) is 3.99. The lowest BCUT2D eigenvalue weighted by Gasteiger charge is -2.06. The summed E-state index contributed by atoms with van der Waals surface area (Å²) in [6.45, 7) is 4.25. The first-order valence-electron chi connectivity index (χ1n) is 4.25. The Hall–Kier alpha value is -0.600. The lowest BCUT2D eigenvalue weighted by Crippen LogP contribution is -2.00. The van der Waals surface area contributed by atoms with E-state index in [4.69, 9.17) is 16.3 Å². The van der Waals surface area contributed by atoms with Gasteiger partial charge in [-0.2, -0.15) is 0 Å². The minimum absolute atomic E-state index is 0.447. The fourth-order valence-electron chi connectivity index (χ4n) is 0.896. The molecule has 0 aliphatic carbocycles. The van der Waals surface area contributed by atoms with E-state index in [1.54, 1.807) is 11.8 Å². The lowest BCUT2D eigenvalue weighted by atomic mass is 10.3. The van der Waals surface area contributed by atoms with Crippen molar-refractivity contribution in [3.8, 4) is 5.75 Å². The maximum Gasteiger partial charge on any atom is 0.119 e. The van der Waals surface area contributed by atoms with Crippen LogP contribution >= 0.6 is 23.4 Å². The van der Waals surface area contributed by atoms with E-state index in [-0.39, 0.29) is 0 Å². The van der Waals surface area contributed by atoms with Gasteiger partial charge in [0.15, 0.2) is 0 Å². The Morgan fingerprint density at radius 1 is 1.43 bits per heavy atom. The van der Waals surface area contributed by atoms with Gasteiger partial charge in [0.05, 0.1) is 0 Å². The highest BCUT2D eigenvalue weighted by Crippen LogP contribution is 2.19. The molecule has 0 spiro atoms. The summed E-state index contributed by atoms with van der Waals surface area (Å²) < 4.78 is 5.46. The van der Waals surface area contributed by atoms with Crippen LogP contribution in [0.1, 0.15) is 0 Å². The molecule has 0 unspecified atom stereocenters. The fourth-order valence-corrected chi connectivity index (χ4v) is 1.38. The third-order valence-electron chi connectivity index (χ3n) is 1.69. The standard InChI is InChI=1S/C11H13ClOS/c1-9(7-12)8-13-10-3-5-11(14-2)6-4-10/h3-6H,1,7-8H2,2H3. The summed E-state index contributed by atoms with van der Waals surface area (Å²) in [5.41, 5.74) is 0.889. The number of ether oxygens (including phenoxy) is 1. The van der Waals surface area contributed by atoms with Crippen LogP contribution in [0.4, 0.5) is 0 Å². The van der Waals surface area contributed by atoms with Gasteiger partial charge in [-0.1, -0.05) is 6.58 Å². The van der Waals surface area contributed by atoms with Gasteiger partial charge in [0.1, 0.15) is 12.4 Å². The molecule has 0 aliphatic rings. The van der Waals surface area contributed by atoms with E-state index in [0.717, 1.165) is 11.3 Å². The van der Waals surface area contributed by atoms with Gasteiger partial charge in [-0.3, -0.25) is 0 Å². The number of alkyl halides is 1. The Morgan fingerprint density at radius 3 is 2.57 bits per heavy atom. The molecule has 0 aromatic heterocycles. The highest BCUT2D eigenvalue weighted by molar-refractivity contribution is 7.98. The third kappa shape index (κ3) is 3.64. The molecule has 1 aromatic rings. The predicted octanol–water partition coefficient (Wildman–Crippen LogP) is 3.58. The summed E-state index contributed by atoms with van der Waals surface area (Å²) >= 11 is 7.30. The first-order chi connectivity index (χ1) is 6.76. The average Bonchev–Trinajstić information content (AvgIpc) is 2.26. The highest BCUT2D eigenvalue weighted by atomic mass is 35.5. The van der Waals surface area contributed by atoms with Crippen molar-refractivity contribution in [3.63, 3.8) is 0 Å². The van der Waals surface area contributed by atoms with Crippen LogP contribution in [0.15, 0.2) is 41.3 Å². The normalized spacial score (nSPS) is 9.86. The molecule has 0 amide bonds. The summed E-state index contributed by atoms with van der Waals surface area (Å²) in [4.78, 5) is 1.23. The maximum atomic E-state index is 5.58. The Morgan fingerprint density at radius 2 is 2.07 bits per heavy atom. The molecule has 0 atom stereocenters. The number of hydrogen-bond donors (Lipinski definition) is 0. The highest BCUT2D eigenvalue weighted by Gasteiger charge is 1.96. The number of halogens is 1. The van der Waals surface area contributed by atoms with Crippen LogP contribution in [0.5, 0.6) is 5.75 Å². The largest absolute Gasteiger partial charge is 0.489 e. The molecule has 1 rings (SSSR count). The topological polar surface area (TPSA) is 9.23 Å². The van der Waals surface area contributed by atoms with Crippen molar-refractivity contribution < 1.29 is 4.74 Å². The van der Waals surface area contributed by atoms with E-state index in [0.29, 0.717) is 12.5 Å². The number of benzene rings is 1. The molecule has 1 nitrogen and oxygen atoms in total. The molecule has 1 aromatic carbocycles. The molecule has 0 saturated carbocycles. The molecule has 0 fully saturated rings. The van der Waals surface area contributed by atoms with Gasteiger partial charge < -0.3 is 4.74 Å². The van der Waals surface area contributed by atoms with Crippen LogP contribution in [-0.2, 0) is 0 Å². The molecular weight excluding hydrogens is 216 g/mol. The maximum absolute atomic E-state index is 5.58. The van der Waals surface area contributed by atoms with Crippen LogP contribution in [0.25, 0.3) is 0 Å². The minimum Gasteiger partial charge on any atom is -0.489 e. The van der Waals surface area contributed by atoms with Gasteiger partial charge in [0, 0.05) is 10.8 Å². The third-order valence-corrected chi connectivity index (χ3v) is 2.81. The second-order valence-electron chi connectivity index (χ2n) is 2.85. The summed E-state index contributed by atoms with van der Waals surface area (Å²) in [6, 6.07) is 7.97. The average molecular weight is 229 g/mol. The van der Waals surface area contributed by atoms with Crippen LogP contribution in [0.2, 0.25) is 0 Å². The lowest BCUT2D eigenvalue weighted by molar-refractivity contribution is 0.353. The number of thioether (sulfide) groups is 1. The number of hydrogen-bond acceptors (Lipinski definition) is 2. The van der Waals surface area contributed by atoms with Crippen molar-refractivity contribution in [1.82, 2.24) is 0 Å². The van der Waals surface area contributed by atoms with Gasteiger partial charge in [0.2, 0.25) is 0 Å². The molecular formula is C11H13ClOS. The first-order valence-corrected chi connectivity index (χ1v) is 6.01. The van der Waals surface area contributed by atoms with Crippen molar-refractivity contribution >= 4 is 23.4 Å². The summed E-state index contributed by atoms with van der Waals surface area (Å²) in [6.07, 6.45) is 2.05. The Bertz CT molecular complexity index is 295. The molecule has 14 heavy (non-hydrogen) atoms. The zero-order valence-corrected chi connectivity index (χ0v) is 9.70. The summed E-state index contributed by atoms with van der Waals surface area (Å²) in [5, 5.41) is 0. The van der Waals surface area contributed by atoms with E-state index in [1.807, 2.05) is 30.5 Å².